The Balaban J connectivity index is 1.57. The largest absolute Gasteiger partial charge is 0.396 e. The lowest BCUT2D eigenvalue weighted by molar-refractivity contribution is 0.0399. The van der Waals surface area contributed by atoms with Gasteiger partial charge in [0.15, 0.2) is 0 Å². The van der Waals surface area contributed by atoms with Gasteiger partial charge in [-0.05, 0) is 39.0 Å². The van der Waals surface area contributed by atoms with E-state index in [1.165, 1.54) is 49.9 Å². The van der Waals surface area contributed by atoms with Crippen molar-refractivity contribution in [1.29, 1.82) is 0 Å². The molecule has 5 nitrogen and oxygen atoms in total. The predicted molar refractivity (Wildman–Crippen MR) is 102 cm³/mol. The summed E-state index contributed by atoms with van der Waals surface area (Å²) in [5.41, 5.74) is 2.65. The van der Waals surface area contributed by atoms with E-state index in [9.17, 15) is 5.11 Å². The molecule has 2 heterocycles. The topological polar surface area (TPSA) is 44.5 Å². The van der Waals surface area contributed by atoms with E-state index in [0.29, 0.717) is 12.6 Å². The maximum atomic E-state index is 9.54. The summed E-state index contributed by atoms with van der Waals surface area (Å²) in [7, 11) is 0. The lowest BCUT2D eigenvalue weighted by Gasteiger charge is -2.43. The molecule has 1 saturated carbocycles. The molecule has 0 spiro atoms. The first kappa shape index (κ1) is 18.9. The van der Waals surface area contributed by atoms with Crippen LogP contribution in [0.15, 0.2) is 6.20 Å². The molecule has 1 aliphatic carbocycles. The Kier molecular flexibility index (Phi) is 6.91. The quantitative estimate of drug-likeness (QED) is 0.823. The highest BCUT2D eigenvalue weighted by Crippen LogP contribution is 2.26. The van der Waals surface area contributed by atoms with Crippen LogP contribution in [0.2, 0.25) is 0 Å². The monoisotopic (exact) mass is 348 g/mol. The fraction of sp³-hybridized carbons (Fsp3) is 0.850. The summed E-state index contributed by atoms with van der Waals surface area (Å²) in [5.74, 6) is 0.881. The minimum Gasteiger partial charge on any atom is -0.396 e. The van der Waals surface area contributed by atoms with E-state index < -0.39 is 0 Å². The molecule has 1 aromatic rings. The first-order valence-electron chi connectivity index (χ1n) is 10.3. The van der Waals surface area contributed by atoms with Crippen molar-refractivity contribution in [2.45, 2.75) is 71.5 Å². The maximum absolute atomic E-state index is 9.54. The molecule has 25 heavy (non-hydrogen) atoms. The van der Waals surface area contributed by atoms with Gasteiger partial charge in [0.1, 0.15) is 0 Å². The van der Waals surface area contributed by atoms with Crippen LogP contribution in [0.1, 0.15) is 56.7 Å². The molecule has 1 aromatic heterocycles. The number of aliphatic hydroxyl groups excluding tert-OH is 1. The second kappa shape index (κ2) is 9.15. The summed E-state index contributed by atoms with van der Waals surface area (Å²) in [4.78, 5) is 5.23. The van der Waals surface area contributed by atoms with E-state index in [0.717, 1.165) is 45.1 Å². The summed E-state index contributed by atoms with van der Waals surface area (Å²) in [6.45, 7) is 11.1. The third-order valence-corrected chi connectivity index (χ3v) is 6.27. The highest BCUT2D eigenvalue weighted by Gasteiger charge is 2.29. The van der Waals surface area contributed by atoms with Crippen LogP contribution >= 0.6 is 0 Å². The predicted octanol–water partition coefficient (Wildman–Crippen LogP) is 2.66. The fourth-order valence-electron chi connectivity index (χ4n) is 4.67. The molecule has 1 aliphatic heterocycles. The number of aryl methyl sites for hydroxylation is 1. The molecule has 0 radical (unpaired) electrons. The van der Waals surface area contributed by atoms with Gasteiger partial charge in [-0.25, -0.2) is 0 Å². The molecule has 5 heteroatoms. The number of aromatic nitrogens is 2. The van der Waals surface area contributed by atoms with Crippen LogP contribution in [0, 0.1) is 12.8 Å². The zero-order valence-corrected chi connectivity index (χ0v) is 16.2. The average Bonchev–Trinajstić information content (AvgIpc) is 2.98. The Morgan fingerprint density at radius 3 is 2.68 bits per heavy atom. The van der Waals surface area contributed by atoms with Gasteiger partial charge in [0, 0.05) is 63.2 Å². The number of nitrogens with zero attached hydrogens (tertiary/aromatic N) is 4. The minimum absolute atomic E-state index is 0.298. The number of hydrogen-bond donors (Lipinski definition) is 1. The molecule has 0 bridgehead atoms. The normalized spacial score (nSPS) is 24.0. The first-order valence-corrected chi connectivity index (χ1v) is 10.3. The van der Waals surface area contributed by atoms with Gasteiger partial charge in [0.25, 0.3) is 0 Å². The Morgan fingerprint density at radius 1 is 1.20 bits per heavy atom. The third kappa shape index (κ3) is 4.83. The highest BCUT2D eigenvalue weighted by molar-refractivity contribution is 5.16. The highest BCUT2D eigenvalue weighted by atomic mass is 16.3. The number of piperazine rings is 1. The van der Waals surface area contributed by atoms with Gasteiger partial charge >= 0.3 is 0 Å². The van der Waals surface area contributed by atoms with Gasteiger partial charge in [0.2, 0.25) is 0 Å². The van der Waals surface area contributed by atoms with Crippen molar-refractivity contribution in [1.82, 2.24) is 19.6 Å². The van der Waals surface area contributed by atoms with Crippen LogP contribution in [0.4, 0.5) is 0 Å². The van der Waals surface area contributed by atoms with Gasteiger partial charge < -0.3 is 5.11 Å². The lowest BCUT2D eigenvalue weighted by Crippen LogP contribution is -2.54. The van der Waals surface area contributed by atoms with Crippen molar-refractivity contribution < 1.29 is 5.11 Å². The molecule has 3 rings (SSSR count). The lowest BCUT2D eigenvalue weighted by atomic mass is 9.88. The maximum Gasteiger partial charge on any atom is 0.0537 e. The van der Waals surface area contributed by atoms with Gasteiger partial charge in [0.05, 0.1) is 6.20 Å². The summed E-state index contributed by atoms with van der Waals surface area (Å²) in [6, 6.07) is 0.502. The van der Waals surface area contributed by atoms with Crippen LogP contribution in [0.5, 0.6) is 0 Å². The Morgan fingerprint density at radius 2 is 2.00 bits per heavy atom. The van der Waals surface area contributed by atoms with Crippen LogP contribution in [-0.4, -0.2) is 63.5 Å². The summed E-state index contributed by atoms with van der Waals surface area (Å²) in [6.07, 6.45) is 9.99. The smallest absolute Gasteiger partial charge is 0.0537 e. The van der Waals surface area contributed by atoms with Gasteiger partial charge in [-0.3, -0.25) is 14.5 Å². The minimum atomic E-state index is 0.298. The summed E-state index contributed by atoms with van der Waals surface area (Å²) >= 11 is 0. The molecule has 1 N–H and O–H groups in total. The zero-order valence-electron chi connectivity index (χ0n) is 16.2. The molecular weight excluding hydrogens is 312 g/mol. The third-order valence-electron chi connectivity index (χ3n) is 6.27. The van der Waals surface area contributed by atoms with E-state index in [4.69, 9.17) is 0 Å². The number of aliphatic hydroxyl groups is 1. The molecule has 0 aromatic carbocycles. The van der Waals surface area contributed by atoms with Crippen molar-refractivity contribution in [3.05, 3.63) is 17.5 Å². The van der Waals surface area contributed by atoms with E-state index in [-0.39, 0.29) is 0 Å². The average molecular weight is 349 g/mol. The number of rotatable bonds is 7. The van der Waals surface area contributed by atoms with Crippen molar-refractivity contribution in [3.8, 4) is 0 Å². The summed E-state index contributed by atoms with van der Waals surface area (Å²) in [5, 5.41) is 14.0. The van der Waals surface area contributed by atoms with E-state index in [1.807, 2.05) is 6.20 Å². The van der Waals surface area contributed by atoms with Crippen LogP contribution in [-0.2, 0) is 13.1 Å². The Labute approximate surface area is 153 Å². The van der Waals surface area contributed by atoms with Crippen molar-refractivity contribution >= 4 is 0 Å². The zero-order chi connectivity index (χ0) is 17.6. The fourth-order valence-corrected chi connectivity index (χ4v) is 4.67. The van der Waals surface area contributed by atoms with Crippen molar-refractivity contribution in [3.63, 3.8) is 0 Å². The van der Waals surface area contributed by atoms with E-state index in [2.05, 4.69) is 33.4 Å². The van der Waals surface area contributed by atoms with Gasteiger partial charge in [-0.15, -0.1) is 0 Å². The molecular formula is C20H36N4O. The van der Waals surface area contributed by atoms with Gasteiger partial charge in [-0.2, -0.15) is 5.10 Å². The molecule has 2 fully saturated rings. The molecule has 142 valence electrons. The standard InChI is InChI=1S/C20H36N4O/c1-3-24-17(2)19(13-21-24)15-22-10-11-23(20(16-22)9-12-25)14-18-7-5-4-6-8-18/h13,18,20,25H,3-12,14-16H2,1-2H3/t20-/m0/s1. The van der Waals surface area contributed by atoms with Gasteiger partial charge in [-0.1, -0.05) is 19.3 Å². The molecule has 1 saturated heterocycles. The van der Waals surface area contributed by atoms with Crippen LogP contribution in [0.3, 0.4) is 0 Å². The van der Waals surface area contributed by atoms with Crippen molar-refractivity contribution in [2.75, 3.05) is 32.8 Å². The molecule has 0 unspecified atom stereocenters. The second-order valence-corrected chi connectivity index (χ2v) is 7.97. The first-order chi connectivity index (χ1) is 12.2. The van der Waals surface area contributed by atoms with E-state index >= 15 is 0 Å². The van der Waals surface area contributed by atoms with Crippen molar-refractivity contribution in [2.24, 2.45) is 5.92 Å². The molecule has 1 atom stereocenters. The van der Waals surface area contributed by atoms with Crippen LogP contribution < -0.4 is 0 Å². The summed E-state index contributed by atoms with van der Waals surface area (Å²) < 4.78 is 2.08. The number of hydrogen-bond acceptors (Lipinski definition) is 4. The molecule has 2 aliphatic rings. The Hall–Kier alpha value is -0.910. The Bertz CT molecular complexity index is 524. The second-order valence-electron chi connectivity index (χ2n) is 7.97. The SMILES string of the molecule is CCn1ncc(CN2CCN(CC3CCCCC3)[C@@H](CCO)C2)c1C. The van der Waals surface area contributed by atoms with Crippen LogP contribution in [0.25, 0.3) is 0 Å². The molecule has 0 amide bonds. The van der Waals surface area contributed by atoms with E-state index in [1.54, 1.807) is 0 Å².